The van der Waals surface area contributed by atoms with Crippen LogP contribution in [0.5, 0.6) is 0 Å². The molecule has 0 saturated carbocycles. The van der Waals surface area contributed by atoms with Crippen molar-refractivity contribution in [2.75, 3.05) is 0 Å². The standard InChI is InChI=1S/C21H17N2O2.C3H7.Mg/c1-3-7-14-12(5-1)9-16-20(14)22-18(24-16)11-19-23-21-15-8-4-2-6-13(15)10-17(21)25-19;1-3-2;/h1-8,11,16-17,20-21H,9-10H2;3H,1-2H3;/q2*-1;+2/b18-11-;;/t16-,17-,20+,21+;;/m1../s1. The van der Waals surface area contributed by atoms with Crippen LogP contribution in [0, 0.1) is 6.42 Å². The van der Waals surface area contributed by atoms with E-state index >= 15 is 0 Å². The van der Waals surface area contributed by atoms with Crippen LogP contribution in [0.3, 0.4) is 0 Å². The third-order valence-electron chi connectivity index (χ3n) is 5.62. The van der Waals surface area contributed by atoms with Gasteiger partial charge < -0.3 is 21.2 Å². The summed E-state index contributed by atoms with van der Waals surface area (Å²) in [5, 5.41) is 4.77. The number of hydrogen-bond donors (Lipinski definition) is 0. The van der Waals surface area contributed by atoms with Crippen LogP contribution in [-0.2, 0) is 22.3 Å². The van der Waals surface area contributed by atoms with Crippen molar-refractivity contribution in [3.63, 3.8) is 0 Å². The largest absolute Gasteiger partial charge is 2.00 e. The number of ether oxygens (including phenoxy) is 2. The number of hydrogen-bond acceptors (Lipinski definition) is 3. The molecule has 0 unspecified atom stereocenters. The van der Waals surface area contributed by atoms with Crippen molar-refractivity contribution in [1.29, 1.82) is 0 Å². The Bertz CT molecular complexity index is 955. The molecule has 2 heterocycles. The monoisotopic (exact) mass is 396 g/mol. The number of nitrogens with zero attached hydrogens (tertiary/aromatic N) is 2. The van der Waals surface area contributed by atoms with Gasteiger partial charge >= 0.3 is 23.1 Å². The molecule has 1 saturated heterocycles. The second-order valence-electron chi connectivity index (χ2n) is 7.66. The van der Waals surface area contributed by atoms with Gasteiger partial charge in [0.15, 0.2) is 0 Å². The zero-order valence-electron chi connectivity index (χ0n) is 16.9. The van der Waals surface area contributed by atoms with Gasteiger partial charge in [-0.15, -0.1) is 0 Å². The molecule has 2 aromatic rings. The van der Waals surface area contributed by atoms with Gasteiger partial charge in [0.05, 0.1) is 6.10 Å². The topological polar surface area (TPSA) is 44.9 Å². The number of fused-ring (bicyclic) bond motifs is 6. The third-order valence-corrected chi connectivity index (χ3v) is 5.62. The predicted octanol–water partition coefficient (Wildman–Crippen LogP) is 4.84. The second kappa shape index (κ2) is 8.40. The maximum atomic E-state index is 6.05. The van der Waals surface area contributed by atoms with E-state index in [1.165, 1.54) is 22.3 Å². The summed E-state index contributed by atoms with van der Waals surface area (Å²) in [5.74, 6) is 1.30. The van der Waals surface area contributed by atoms with Gasteiger partial charge in [0.2, 0.25) is 5.90 Å². The molecule has 0 aromatic heterocycles. The molecule has 6 rings (SSSR count). The van der Waals surface area contributed by atoms with E-state index in [2.05, 4.69) is 48.5 Å². The summed E-state index contributed by atoms with van der Waals surface area (Å²) in [6.45, 7) is 4.00. The van der Waals surface area contributed by atoms with Crippen LogP contribution in [0.2, 0.25) is 0 Å². The molecule has 1 fully saturated rings. The van der Waals surface area contributed by atoms with Crippen LogP contribution < -0.4 is 0 Å². The molecule has 4 nitrogen and oxygen atoms in total. The maximum absolute atomic E-state index is 6.05. The number of aliphatic imine (C=N–C) groups is 1. The smallest absolute Gasteiger partial charge is 0.645 e. The van der Waals surface area contributed by atoms with E-state index < -0.39 is 0 Å². The normalized spacial score (nSPS) is 28.3. The first-order chi connectivity index (χ1) is 13.8. The fraction of sp³-hybridized carbons (Fsp3) is 0.333. The van der Waals surface area contributed by atoms with Gasteiger partial charge in [0.25, 0.3) is 0 Å². The van der Waals surface area contributed by atoms with Crippen molar-refractivity contribution in [1.82, 2.24) is 0 Å². The first-order valence-corrected chi connectivity index (χ1v) is 10.00. The summed E-state index contributed by atoms with van der Waals surface area (Å²) >= 11 is 0. The Balaban J connectivity index is 0.000000485. The van der Waals surface area contributed by atoms with E-state index in [-0.39, 0.29) is 47.3 Å². The average Bonchev–Trinajstić information content (AvgIpc) is 3.41. The zero-order valence-corrected chi connectivity index (χ0v) is 18.3. The van der Waals surface area contributed by atoms with Crippen LogP contribution in [0.4, 0.5) is 0 Å². The maximum Gasteiger partial charge on any atom is 2.00 e. The number of benzene rings is 2. The molecule has 5 heteroatoms. The fourth-order valence-corrected chi connectivity index (χ4v) is 4.49. The van der Waals surface area contributed by atoms with E-state index in [0.29, 0.717) is 11.8 Å². The van der Waals surface area contributed by atoms with Gasteiger partial charge in [0, 0.05) is 24.8 Å². The Labute approximate surface area is 188 Å². The number of rotatable bonds is 1. The molecule has 2 aromatic carbocycles. The van der Waals surface area contributed by atoms with Crippen molar-refractivity contribution in [3.05, 3.63) is 94.5 Å². The molecule has 0 bridgehead atoms. The molecule has 4 atom stereocenters. The second-order valence-corrected chi connectivity index (χ2v) is 7.66. The Morgan fingerprint density at radius 3 is 2.31 bits per heavy atom. The van der Waals surface area contributed by atoms with Crippen molar-refractivity contribution >= 4 is 29.0 Å². The molecular weight excluding hydrogens is 373 g/mol. The van der Waals surface area contributed by atoms with E-state index in [9.17, 15) is 0 Å². The van der Waals surface area contributed by atoms with Crippen molar-refractivity contribution in [3.8, 4) is 0 Å². The minimum atomic E-state index is 0. The molecule has 2 aliphatic heterocycles. The molecule has 0 amide bonds. The fourth-order valence-electron chi connectivity index (χ4n) is 4.49. The summed E-state index contributed by atoms with van der Waals surface area (Å²) in [6.07, 6.45) is 5.94. The van der Waals surface area contributed by atoms with Crippen LogP contribution in [-0.4, -0.2) is 41.2 Å². The van der Waals surface area contributed by atoms with Crippen LogP contribution in [0.15, 0.2) is 65.5 Å². The molecule has 29 heavy (non-hydrogen) atoms. The molecule has 4 aliphatic rings. The summed E-state index contributed by atoms with van der Waals surface area (Å²) in [5.41, 5.74) is 5.27. The molecule has 0 radical (unpaired) electrons. The minimum Gasteiger partial charge on any atom is -0.645 e. The summed E-state index contributed by atoms with van der Waals surface area (Å²) in [6, 6.07) is 17.2. The van der Waals surface area contributed by atoms with Gasteiger partial charge in [0.1, 0.15) is 12.1 Å². The van der Waals surface area contributed by atoms with Crippen LogP contribution in [0.25, 0.3) is 5.32 Å². The van der Waals surface area contributed by atoms with E-state index in [0.717, 1.165) is 12.8 Å². The predicted molar refractivity (Wildman–Crippen MR) is 116 cm³/mol. The van der Waals surface area contributed by atoms with Crippen molar-refractivity contribution < 1.29 is 9.47 Å². The van der Waals surface area contributed by atoms with Crippen molar-refractivity contribution in [2.45, 2.75) is 51.0 Å². The van der Waals surface area contributed by atoms with Crippen LogP contribution >= 0.6 is 0 Å². The first kappa shape index (κ1) is 20.3. The van der Waals surface area contributed by atoms with Gasteiger partial charge in [-0.25, -0.2) is 4.99 Å². The Kier molecular flexibility index (Phi) is 5.88. The van der Waals surface area contributed by atoms with Crippen molar-refractivity contribution in [2.24, 2.45) is 4.99 Å². The summed E-state index contributed by atoms with van der Waals surface area (Å²) in [4.78, 5) is 4.77. The van der Waals surface area contributed by atoms with Gasteiger partial charge in [-0.05, 0) is 16.7 Å². The summed E-state index contributed by atoms with van der Waals surface area (Å²) < 4.78 is 12.1. The van der Waals surface area contributed by atoms with Gasteiger partial charge in [-0.1, -0.05) is 60.1 Å². The van der Waals surface area contributed by atoms with E-state index in [4.69, 9.17) is 19.8 Å². The Morgan fingerprint density at radius 2 is 1.55 bits per heavy atom. The van der Waals surface area contributed by atoms with E-state index in [1.54, 1.807) is 0 Å². The third kappa shape index (κ3) is 3.66. The SMILES string of the molecule is C(/C1=N[C@H]2c3ccccc3C[C@H]2O1)=C1\[N-][C@H]2c3ccccc3C[C@H]2O1.C[CH-]C.[Mg+2]. The minimum absolute atomic E-state index is 0. The molecule has 0 N–H and O–H groups in total. The Hall–Kier alpha value is -1.98. The van der Waals surface area contributed by atoms with Gasteiger partial charge in [-0.2, -0.15) is 13.8 Å². The van der Waals surface area contributed by atoms with Crippen LogP contribution in [0.1, 0.15) is 48.2 Å². The molecule has 2 aliphatic carbocycles. The molecule has 144 valence electrons. The quantitative estimate of drug-likeness (QED) is 0.511. The summed E-state index contributed by atoms with van der Waals surface area (Å²) in [7, 11) is 0. The average molecular weight is 397 g/mol. The molecule has 0 spiro atoms. The van der Waals surface area contributed by atoms with Gasteiger partial charge in [-0.3, -0.25) is 0 Å². The molecular formula is C24H24MgN2O2. The van der Waals surface area contributed by atoms with E-state index in [1.807, 2.05) is 26.3 Å². The zero-order chi connectivity index (χ0) is 19.1. The Morgan fingerprint density at radius 1 is 0.931 bits per heavy atom. The first-order valence-electron chi connectivity index (χ1n) is 10.00.